The van der Waals surface area contributed by atoms with Gasteiger partial charge in [0.2, 0.25) is 5.91 Å². The molecule has 0 aromatic heterocycles. The molecule has 0 heterocycles. The van der Waals surface area contributed by atoms with Crippen LogP contribution in [0.1, 0.15) is 63.5 Å². The third-order valence-corrected chi connectivity index (χ3v) is 6.52. The van der Waals surface area contributed by atoms with Crippen LogP contribution in [0.25, 0.3) is 0 Å². The van der Waals surface area contributed by atoms with Gasteiger partial charge in [-0.2, -0.15) is 0 Å². The van der Waals surface area contributed by atoms with Crippen LogP contribution in [0.2, 0.25) is 0 Å². The Morgan fingerprint density at radius 2 is 1.67 bits per heavy atom. The van der Waals surface area contributed by atoms with Gasteiger partial charge < -0.3 is 15.0 Å². The molecular weight excluding hydrogens is 412 g/mol. The Kier molecular flexibility index (Phi) is 9.79. The molecule has 1 aliphatic carbocycles. The van der Waals surface area contributed by atoms with Crippen LogP contribution >= 0.6 is 0 Å². The van der Waals surface area contributed by atoms with Crippen molar-refractivity contribution >= 4 is 11.8 Å². The molecule has 1 atom stereocenters. The zero-order valence-corrected chi connectivity index (χ0v) is 20.1. The standard InChI is InChI=1S/C28H38N2O3/c1-3-22-15-17-25(18-16-22)33-21-27(31)30(20-19-23-11-7-5-8-12-23)26(4-2)28(32)29-24-13-9-6-10-14-24/h5,7-8,11-12,15-18,24,26H,3-4,6,9-10,13-14,19-21H2,1-2H3,(H,29,32)/t26-/m0/s1. The molecule has 0 radical (unpaired) electrons. The summed E-state index contributed by atoms with van der Waals surface area (Å²) in [6, 6.07) is 17.6. The monoisotopic (exact) mass is 450 g/mol. The van der Waals surface area contributed by atoms with Crippen molar-refractivity contribution in [1.82, 2.24) is 10.2 Å². The summed E-state index contributed by atoms with van der Waals surface area (Å²) >= 11 is 0. The number of nitrogens with one attached hydrogen (secondary N) is 1. The van der Waals surface area contributed by atoms with Crippen LogP contribution in [0, 0.1) is 0 Å². The maximum absolute atomic E-state index is 13.3. The summed E-state index contributed by atoms with van der Waals surface area (Å²) in [5.41, 5.74) is 2.37. The van der Waals surface area contributed by atoms with E-state index in [1.165, 1.54) is 12.0 Å². The van der Waals surface area contributed by atoms with Crippen molar-refractivity contribution in [2.45, 2.75) is 77.3 Å². The smallest absolute Gasteiger partial charge is 0.261 e. The number of ether oxygens (including phenoxy) is 1. The number of hydrogen-bond acceptors (Lipinski definition) is 3. The second-order valence-electron chi connectivity index (χ2n) is 8.88. The normalized spacial score (nSPS) is 15.0. The number of benzene rings is 2. The molecule has 1 fully saturated rings. The van der Waals surface area contributed by atoms with Crippen LogP contribution in [0.15, 0.2) is 54.6 Å². The third-order valence-electron chi connectivity index (χ3n) is 6.52. The highest BCUT2D eigenvalue weighted by molar-refractivity contribution is 5.88. The Bertz CT molecular complexity index is 860. The maximum atomic E-state index is 13.3. The van der Waals surface area contributed by atoms with E-state index in [0.717, 1.165) is 37.7 Å². The molecule has 178 valence electrons. The highest BCUT2D eigenvalue weighted by Crippen LogP contribution is 2.19. The Morgan fingerprint density at radius 1 is 0.970 bits per heavy atom. The summed E-state index contributed by atoms with van der Waals surface area (Å²) in [7, 11) is 0. The first-order chi connectivity index (χ1) is 16.1. The fourth-order valence-electron chi connectivity index (χ4n) is 4.49. The quantitative estimate of drug-likeness (QED) is 0.528. The minimum absolute atomic E-state index is 0.0434. The lowest BCUT2D eigenvalue weighted by atomic mass is 9.95. The first-order valence-electron chi connectivity index (χ1n) is 12.5. The molecule has 5 nitrogen and oxygen atoms in total. The zero-order chi connectivity index (χ0) is 23.5. The van der Waals surface area contributed by atoms with Gasteiger partial charge in [-0.1, -0.05) is 75.6 Å². The minimum Gasteiger partial charge on any atom is -0.484 e. The topological polar surface area (TPSA) is 58.6 Å². The average molecular weight is 451 g/mol. The molecule has 0 unspecified atom stereocenters. The van der Waals surface area contributed by atoms with Gasteiger partial charge in [0.15, 0.2) is 6.61 Å². The van der Waals surface area contributed by atoms with Gasteiger partial charge in [-0.15, -0.1) is 0 Å². The van der Waals surface area contributed by atoms with Crippen LogP contribution in [0.4, 0.5) is 0 Å². The molecule has 33 heavy (non-hydrogen) atoms. The van der Waals surface area contributed by atoms with Gasteiger partial charge in [-0.3, -0.25) is 9.59 Å². The number of rotatable bonds is 11. The molecule has 0 spiro atoms. The number of aryl methyl sites for hydroxylation is 1. The van der Waals surface area contributed by atoms with E-state index in [-0.39, 0.29) is 24.5 Å². The van der Waals surface area contributed by atoms with Crippen molar-refractivity contribution in [2.24, 2.45) is 0 Å². The van der Waals surface area contributed by atoms with Crippen molar-refractivity contribution in [3.05, 3.63) is 65.7 Å². The lowest BCUT2D eigenvalue weighted by molar-refractivity contribution is -0.142. The first-order valence-corrected chi connectivity index (χ1v) is 12.5. The van der Waals surface area contributed by atoms with E-state index >= 15 is 0 Å². The summed E-state index contributed by atoms with van der Waals surface area (Å²) in [5, 5.41) is 3.22. The average Bonchev–Trinajstić information content (AvgIpc) is 2.86. The van der Waals surface area contributed by atoms with Gasteiger partial charge in [-0.05, 0) is 55.4 Å². The third kappa shape index (κ3) is 7.62. The molecule has 0 saturated heterocycles. The van der Waals surface area contributed by atoms with E-state index in [9.17, 15) is 9.59 Å². The molecule has 0 bridgehead atoms. The van der Waals surface area contributed by atoms with Crippen molar-refractivity contribution in [1.29, 1.82) is 0 Å². The number of hydrogen-bond donors (Lipinski definition) is 1. The number of carbonyl (C=O) groups is 2. The largest absolute Gasteiger partial charge is 0.484 e. The lowest BCUT2D eigenvalue weighted by Gasteiger charge is -2.32. The molecule has 5 heteroatoms. The van der Waals surface area contributed by atoms with E-state index in [4.69, 9.17) is 4.74 Å². The van der Waals surface area contributed by atoms with Crippen molar-refractivity contribution in [3.8, 4) is 5.75 Å². The van der Waals surface area contributed by atoms with Crippen molar-refractivity contribution < 1.29 is 14.3 Å². The lowest BCUT2D eigenvalue weighted by Crippen LogP contribution is -2.53. The van der Waals surface area contributed by atoms with Gasteiger partial charge in [0, 0.05) is 12.6 Å². The van der Waals surface area contributed by atoms with Crippen molar-refractivity contribution in [3.63, 3.8) is 0 Å². The summed E-state index contributed by atoms with van der Waals surface area (Å²) in [5.74, 6) is 0.470. The van der Waals surface area contributed by atoms with Crippen LogP contribution in [-0.4, -0.2) is 41.9 Å². The summed E-state index contributed by atoms with van der Waals surface area (Å²) in [4.78, 5) is 28.2. The van der Waals surface area contributed by atoms with E-state index in [1.807, 2.05) is 49.4 Å². The van der Waals surface area contributed by atoms with Gasteiger partial charge in [0.05, 0.1) is 0 Å². The van der Waals surface area contributed by atoms with E-state index in [0.29, 0.717) is 25.1 Å². The maximum Gasteiger partial charge on any atom is 0.261 e. The fourth-order valence-corrected chi connectivity index (χ4v) is 4.49. The summed E-state index contributed by atoms with van der Waals surface area (Å²) in [6.45, 7) is 4.48. The number of nitrogens with zero attached hydrogens (tertiary/aromatic N) is 1. The predicted octanol–water partition coefficient (Wildman–Crippen LogP) is 4.93. The number of carbonyl (C=O) groups excluding carboxylic acids is 2. The highest BCUT2D eigenvalue weighted by Gasteiger charge is 2.30. The zero-order valence-electron chi connectivity index (χ0n) is 20.1. The molecule has 2 aromatic rings. The molecule has 0 aliphatic heterocycles. The van der Waals surface area contributed by atoms with Crippen LogP contribution in [-0.2, 0) is 22.4 Å². The Morgan fingerprint density at radius 3 is 2.30 bits per heavy atom. The van der Waals surface area contributed by atoms with Crippen LogP contribution in [0.5, 0.6) is 5.75 Å². The molecule has 1 saturated carbocycles. The molecule has 2 aromatic carbocycles. The Labute approximate surface area is 198 Å². The second kappa shape index (κ2) is 13.0. The summed E-state index contributed by atoms with van der Waals surface area (Å²) < 4.78 is 5.80. The SMILES string of the molecule is CCc1ccc(OCC(=O)N(CCc2ccccc2)[C@@H](CC)C(=O)NC2CCCCC2)cc1. The minimum atomic E-state index is -0.491. The Hall–Kier alpha value is -2.82. The highest BCUT2D eigenvalue weighted by atomic mass is 16.5. The van der Waals surface area contributed by atoms with Crippen LogP contribution < -0.4 is 10.1 Å². The van der Waals surface area contributed by atoms with E-state index < -0.39 is 6.04 Å². The molecule has 1 aliphatic rings. The van der Waals surface area contributed by atoms with E-state index in [2.05, 4.69) is 24.4 Å². The molecule has 3 rings (SSSR count). The van der Waals surface area contributed by atoms with Gasteiger partial charge in [-0.25, -0.2) is 0 Å². The summed E-state index contributed by atoms with van der Waals surface area (Å²) in [6.07, 6.45) is 7.83. The van der Waals surface area contributed by atoms with Crippen LogP contribution in [0.3, 0.4) is 0 Å². The molecule has 1 N–H and O–H groups in total. The first kappa shape index (κ1) is 24.8. The van der Waals surface area contributed by atoms with Gasteiger partial charge in [0.25, 0.3) is 5.91 Å². The molecule has 2 amide bonds. The second-order valence-corrected chi connectivity index (χ2v) is 8.88. The molecular formula is C28H38N2O3. The van der Waals surface area contributed by atoms with Gasteiger partial charge in [0.1, 0.15) is 11.8 Å². The number of amides is 2. The fraction of sp³-hybridized carbons (Fsp3) is 0.500. The van der Waals surface area contributed by atoms with Crippen molar-refractivity contribution in [2.75, 3.05) is 13.2 Å². The van der Waals surface area contributed by atoms with Gasteiger partial charge >= 0.3 is 0 Å². The predicted molar refractivity (Wildman–Crippen MR) is 132 cm³/mol. The Balaban J connectivity index is 1.68. The van der Waals surface area contributed by atoms with E-state index in [1.54, 1.807) is 4.90 Å².